The Morgan fingerprint density at radius 1 is 1.05 bits per heavy atom. The van der Waals surface area contributed by atoms with Crippen molar-refractivity contribution in [2.45, 2.75) is 45.4 Å². The quantitative estimate of drug-likeness (QED) is 0.351. The molecule has 22 heavy (non-hydrogen) atoms. The van der Waals surface area contributed by atoms with Gasteiger partial charge in [0.15, 0.2) is 0 Å². The molecule has 130 valence electrons. The second kappa shape index (κ2) is 12.8. The first kappa shape index (κ1) is 22.4. The Labute approximate surface area is 154 Å². The van der Waals surface area contributed by atoms with Crippen molar-refractivity contribution in [3.05, 3.63) is 41.7 Å². The maximum atomic E-state index is 4.81. The van der Waals surface area contributed by atoms with Gasteiger partial charge in [0.2, 0.25) is 0 Å². The Kier molecular flexibility index (Phi) is 13.1. The van der Waals surface area contributed by atoms with Crippen molar-refractivity contribution in [1.29, 1.82) is 0 Å². The van der Waals surface area contributed by atoms with E-state index in [0.29, 0.717) is 0 Å². The zero-order chi connectivity index (χ0) is 17.1. The second-order valence-corrected chi connectivity index (χ2v) is 11.4. The average Bonchev–Trinajstić information content (AvgIpc) is 2.44. The molecule has 0 saturated heterocycles. The van der Waals surface area contributed by atoms with Crippen molar-refractivity contribution >= 4 is 32.7 Å². The Bertz CT molecular complexity index is 411. The number of rotatable bonds is 6. The summed E-state index contributed by atoms with van der Waals surface area (Å²) in [5.41, 5.74) is 4.22. The Hall–Kier alpha value is 0.432. The van der Waals surface area contributed by atoms with Gasteiger partial charge >= 0.3 is 35.0 Å². The summed E-state index contributed by atoms with van der Waals surface area (Å²) in [6, 6.07) is 8.84. The fourth-order valence-corrected chi connectivity index (χ4v) is 4.41. The molecule has 5 heteroatoms. The van der Waals surface area contributed by atoms with Crippen molar-refractivity contribution in [2.75, 3.05) is 19.0 Å². The second-order valence-electron chi connectivity index (χ2n) is 5.83. The van der Waals surface area contributed by atoms with E-state index in [0.717, 1.165) is 17.7 Å². The van der Waals surface area contributed by atoms with Gasteiger partial charge < -0.3 is 4.90 Å². The van der Waals surface area contributed by atoms with Crippen LogP contribution in [0.3, 0.4) is 0 Å². The molecule has 0 fully saturated rings. The van der Waals surface area contributed by atoms with E-state index in [-0.39, 0.29) is 23.9 Å². The molecule has 0 N–H and O–H groups in total. The van der Waals surface area contributed by atoms with Crippen LogP contribution in [-0.2, 0) is 22.4 Å². The molecule has 0 aliphatic rings. The fourth-order valence-electron chi connectivity index (χ4n) is 2.18. The molecular formula is C17H28Cl2NPPd. The van der Waals surface area contributed by atoms with Crippen molar-refractivity contribution in [2.24, 2.45) is 0 Å². The topological polar surface area (TPSA) is 3.24 Å². The third kappa shape index (κ3) is 9.54. The van der Waals surface area contributed by atoms with Crippen LogP contribution >= 0.6 is 27.0 Å². The third-order valence-electron chi connectivity index (χ3n) is 3.28. The van der Waals surface area contributed by atoms with Gasteiger partial charge in [0.05, 0.1) is 0 Å². The Morgan fingerprint density at radius 3 is 1.86 bits per heavy atom. The van der Waals surface area contributed by atoms with E-state index in [2.05, 4.69) is 82.8 Å². The monoisotopic (exact) mass is 453 g/mol. The van der Waals surface area contributed by atoms with Crippen LogP contribution in [0.25, 0.3) is 0 Å². The summed E-state index contributed by atoms with van der Waals surface area (Å²) in [5.74, 6) is 2.46. The van der Waals surface area contributed by atoms with Gasteiger partial charge in [-0.25, -0.2) is 0 Å². The van der Waals surface area contributed by atoms with E-state index < -0.39 is 0 Å². The van der Waals surface area contributed by atoms with Crippen molar-refractivity contribution in [1.82, 2.24) is 0 Å². The van der Waals surface area contributed by atoms with Crippen LogP contribution in [0, 0.1) is 0 Å². The summed E-state index contributed by atoms with van der Waals surface area (Å²) < 4.78 is 0. The molecule has 0 bridgehead atoms. The van der Waals surface area contributed by atoms with E-state index in [9.17, 15) is 0 Å². The summed E-state index contributed by atoms with van der Waals surface area (Å²) >= 11 is -0.106. The number of nitrogens with zero attached hydrogens (tertiary/aromatic N) is 1. The van der Waals surface area contributed by atoms with Crippen LogP contribution in [0.4, 0.5) is 5.69 Å². The van der Waals surface area contributed by atoms with E-state index in [1.165, 1.54) is 11.3 Å². The first-order chi connectivity index (χ1) is 10.3. The normalized spacial score (nSPS) is 11.4. The predicted octanol–water partition coefficient (Wildman–Crippen LogP) is 6.48. The number of hydrogen-bond donors (Lipinski definition) is 0. The van der Waals surface area contributed by atoms with Gasteiger partial charge in [-0.15, -0.1) is 0 Å². The molecule has 0 saturated carbocycles. The molecule has 0 aliphatic carbocycles. The number of halogens is 2. The molecule has 0 unspecified atom stereocenters. The standard InChI is InChI=1S/C17H28NP.2ClH.Pd/c1-14(2)19(15(3)4)13-7-8-16-9-11-17(12-10-16)18(5)6;;;/h7,9-15H,8H2,1-6H3;2*1H;/q;;;+2/p-2. The Balaban J connectivity index is 0.00000135. The molecule has 1 nitrogen and oxygen atoms in total. The number of allylic oxidation sites excluding steroid dienone is 1. The number of hydrogen-bond acceptors (Lipinski definition) is 1. The van der Waals surface area contributed by atoms with Gasteiger partial charge in [0, 0.05) is 19.8 Å². The van der Waals surface area contributed by atoms with Gasteiger partial charge in [-0.2, -0.15) is 0 Å². The molecular weight excluding hydrogens is 426 g/mol. The summed E-state index contributed by atoms with van der Waals surface area (Å²) in [6.45, 7) is 9.34. The molecule has 0 aromatic heterocycles. The van der Waals surface area contributed by atoms with Crippen LogP contribution in [0.5, 0.6) is 0 Å². The van der Waals surface area contributed by atoms with Gasteiger partial charge in [0.25, 0.3) is 0 Å². The molecule has 0 atom stereocenters. The summed E-state index contributed by atoms with van der Waals surface area (Å²) in [5, 5.41) is 0. The number of benzene rings is 1. The molecule has 0 spiro atoms. The van der Waals surface area contributed by atoms with Crippen LogP contribution < -0.4 is 4.90 Å². The minimum atomic E-state index is -0.106. The van der Waals surface area contributed by atoms with Crippen LogP contribution in [0.2, 0.25) is 0 Å². The molecule has 0 heterocycles. The van der Waals surface area contributed by atoms with E-state index >= 15 is 0 Å². The van der Waals surface area contributed by atoms with Crippen molar-refractivity contribution in [3.8, 4) is 0 Å². The van der Waals surface area contributed by atoms with Gasteiger partial charge in [-0.1, -0.05) is 59.6 Å². The molecule has 1 aromatic rings. The van der Waals surface area contributed by atoms with Gasteiger partial charge in [-0.05, 0) is 35.4 Å². The zero-order valence-corrected chi connectivity index (χ0v) is 18.3. The summed E-state index contributed by atoms with van der Waals surface area (Å²) in [6.07, 6.45) is 3.41. The van der Waals surface area contributed by atoms with E-state index in [4.69, 9.17) is 19.1 Å². The third-order valence-corrected chi connectivity index (χ3v) is 6.22. The molecule has 0 radical (unpaired) electrons. The van der Waals surface area contributed by atoms with E-state index in [1.54, 1.807) is 0 Å². The number of anilines is 1. The van der Waals surface area contributed by atoms with Gasteiger partial charge in [0.1, 0.15) is 0 Å². The molecule has 0 amide bonds. The maximum absolute atomic E-state index is 4.81. The summed E-state index contributed by atoms with van der Waals surface area (Å²) in [7, 11) is 13.8. The Morgan fingerprint density at radius 2 is 1.50 bits per heavy atom. The fraction of sp³-hybridized carbons (Fsp3) is 0.529. The first-order valence-corrected chi connectivity index (χ1v) is 12.9. The first-order valence-electron chi connectivity index (χ1n) is 7.36. The predicted molar refractivity (Wildman–Crippen MR) is 103 cm³/mol. The van der Waals surface area contributed by atoms with Crippen LogP contribution in [0.1, 0.15) is 33.3 Å². The molecule has 1 rings (SSSR count). The van der Waals surface area contributed by atoms with Crippen LogP contribution in [0.15, 0.2) is 36.2 Å². The van der Waals surface area contributed by atoms with Crippen LogP contribution in [-0.4, -0.2) is 25.4 Å². The van der Waals surface area contributed by atoms with Gasteiger partial charge in [-0.3, -0.25) is 0 Å². The SMILES string of the molecule is CC(C)P(C=CCc1ccc(N(C)C)cc1)C(C)C.[Cl][Pd][Cl]. The molecule has 1 aromatic carbocycles. The van der Waals surface area contributed by atoms with Crippen molar-refractivity contribution in [3.63, 3.8) is 0 Å². The van der Waals surface area contributed by atoms with Crippen molar-refractivity contribution < 1.29 is 15.9 Å². The van der Waals surface area contributed by atoms with E-state index in [1.807, 2.05) is 0 Å². The zero-order valence-electron chi connectivity index (χ0n) is 14.3. The average molecular weight is 455 g/mol. The minimum absolute atomic E-state index is 0.0198. The summed E-state index contributed by atoms with van der Waals surface area (Å²) in [4.78, 5) is 2.14. The molecule has 0 aliphatic heterocycles.